The lowest BCUT2D eigenvalue weighted by Crippen LogP contribution is -2.09. The summed E-state index contributed by atoms with van der Waals surface area (Å²) in [5.74, 6) is 0.267. The molecule has 0 bridgehead atoms. The summed E-state index contributed by atoms with van der Waals surface area (Å²) >= 11 is 5.31. The standard InChI is InChI=1S/C12H8ClF3N2O2/c1-20-9-5-3-2-4-7(9)18-8(11(13)19)6-10(17-18)12(14,15)16/h2-6H,1H3. The van der Waals surface area contributed by atoms with Crippen molar-refractivity contribution < 1.29 is 22.7 Å². The molecule has 1 heterocycles. The minimum absolute atomic E-state index is 0.189. The van der Waals surface area contributed by atoms with Crippen LogP contribution in [0.1, 0.15) is 16.2 Å². The molecule has 0 aliphatic heterocycles. The van der Waals surface area contributed by atoms with Crippen LogP contribution in [0.3, 0.4) is 0 Å². The molecular formula is C12H8ClF3N2O2. The van der Waals surface area contributed by atoms with Crippen molar-refractivity contribution in [3.05, 3.63) is 41.7 Å². The molecular weight excluding hydrogens is 297 g/mol. The van der Waals surface area contributed by atoms with Crippen LogP contribution in [0.25, 0.3) is 5.69 Å². The fourth-order valence-electron chi connectivity index (χ4n) is 1.65. The number of rotatable bonds is 3. The van der Waals surface area contributed by atoms with Crippen molar-refractivity contribution in [2.45, 2.75) is 6.18 Å². The summed E-state index contributed by atoms with van der Waals surface area (Å²) in [7, 11) is 1.36. The zero-order valence-corrected chi connectivity index (χ0v) is 10.9. The van der Waals surface area contributed by atoms with Crippen molar-refractivity contribution in [3.8, 4) is 11.4 Å². The van der Waals surface area contributed by atoms with Gasteiger partial charge in [-0.1, -0.05) is 12.1 Å². The van der Waals surface area contributed by atoms with Crippen LogP contribution in [0, 0.1) is 0 Å². The van der Waals surface area contributed by atoms with E-state index in [0.29, 0.717) is 6.07 Å². The van der Waals surface area contributed by atoms with Crippen molar-refractivity contribution in [3.63, 3.8) is 0 Å². The van der Waals surface area contributed by atoms with Crippen LogP contribution >= 0.6 is 11.6 Å². The molecule has 0 aliphatic rings. The Kier molecular flexibility index (Phi) is 3.71. The van der Waals surface area contributed by atoms with Gasteiger partial charge in [-0.05, 0) is 23.7 Å². The van der Waals surface area contributed by atoms with Gasteiger partial charge in [0.05, 0.1) is 7.11 Å². The van der Waals surface area contributed by atoms with Gasteiger partial charge in [-0.15, -0.1) is 0 Å². The molecule has 20 heavy (non-hydrogen) atoms. The molecule has 0 saturated carbocycles. The van der Waals surface area contributed by atoms with Crippen molar-refractivity contribution in [1.82, 2.24) is 9.78 Å². The number of hydrogen-bond donors (Lipinski definition) is 0. The van der Waals surface area contributed by atoms with Crippen molar-refractivity contribution in [2.75, 3.05) is 7.11 Å². The largest absolute Gasteiger partial charge is 0.494 e. The third kappa shape index (κ3) is 2.62. The van der Waals surface area contributed by atoms with Crippen molar-refractivity contribution in [1.29, 1.82) is 0 Å². The maximum absolute atomic E-state index is 12.7. The van der Waals surface area contributed by atoms with E-state index in [1.54, 1.807) is 12.1 Å². The van der Waals surface area contributed by atoms with E-state index < -0.39 is 17.1 Å². The average Bonchev–Trinajstić information content (AvgIpc) is 2.83. The van der Waals surface area contributed by atoms with Gasteiger partial charge in [0, 0.05) is 6.07 Å². The molecule has 0 amide bonds. The van der Waals surface area contributed by atoms with Gasteiger partial charge < -0.3 is 4.74 Å². The van der Waals surface area contributed by atoms with E-state index in [2.05, 4.69) is 5.10 Å². The maximum atomic E-state index is 12.7. The van der Waals surface area contributed by atoms with E-state index >= 15 is 0 Å². The summed E-state index contributed by atoms with van der Waals surface area (Å²) in [5.41, 5.74) is -1.40. The van der Waals surface area contributed by atoms with Crippen LogP contribution in [0.2, 0.25) is 0 Å². The molecule has 0 radical (unpaired) electrons. The number of carbonyl (C=O) groups excluding carboxylic acids is 1. The third-order valence-electron chi connectivity index (χ3n) is 2.51. The van der Waals surface area contributed by atoms with E-state index in [-0.39, 0.29) is 17.1 Å². The number of hydrogen-bond acceptors (Lipinski definition) is 3. The van der Waals surface area contributed by atoms with Crippen LogP contribution in [-0.4, -0.2) is 22.1 Å². The number of carbonyl (C=O) groups is 1. The minimum Gasteiger partial charge on any atom is -0.494 e. The van der Waals surface area contributed by atoms with Gasteiger partial charge in [-0.3, -0.25) is 4.79 Å². The second-order valence-electron chi connectivity index (χ2n) is 3.77. The van der Waals surface area contributed by atoms with Crippen LogP contribution in [0.15, 0.2) is 30.3 Å². The Balaban J connectivity index is 2.67. The lowest BCUT2D eigenvalue weighted by molar-refractivity contribution is -0.141. The van der Waals surface area contributed by atoms with Gasteiger partial charge in [0.25, 0.3) is 5.24 Å². The van der Waals surface area contributed by atoms with Gasteiger partial charge in [-0.25, -0.2) is 4.68 Å². The fraction of sp³-hybridized carbons (Fsp3) is 0.167. The first-order chi connectivity index (χ1) is 9.34. The summed E-state index contributed by atoms with van der Waals surface area (Å²) in [6, 6.07) is 6.82. The molecule has 0 fully saturated rings. The van der Waals surface area contributed by atoms with Gasteiger partial charge >= 0.3 is 6.18 Å². The normalized spacial score (nSPS) is 11.4. The summed E-state index contributed by atoms with van der Waals surface area (Å²) in [5, 5.41) is 2.35. The predicted molar refractivity (Wildman–Crippen MR) is 65.3 cm³/mol. The number of nitrogens with zero attached hydrogens (tertiary/aromatic N) is 2. The Bertz CT molecular complexity index is 652. The van der Waals surface area contributed by atoms with Crippen LogP contribution in [0.4, 0.5) is 13.2 Å². The Morgan fingerprint density at radius 2 is 2.00 bits per heavy atom. The highest BCUT2D eigenvalue weighted by Gasteiger charge is 2.36. The number of ether oxygens (including phenoxy) is 1. The SMILES string of the molecule is COc1ccccc1-n1nc(C(F)(F)F)cc1C(=O)Cl. The lowest BCUT2D eigenvalue weighted by Gasteiger charge is -2.09. The number of aromatic nitrogens is 2. The number of alkyl halides is 3. The van der Waals surface area contributed by atoms with E-state index in [0.717, 1.165) is 4.68 Å². The van der Waals surface area contributed by atoms with Gasteiger partial charge in [-0.2, -0.15) is 18.3 Å². The van der Waals surface area contributed by atoms with Gasteiger partial charge in [0.1, 0.15) is 17.1 Å². The Labute approximate surface area is 116 Å². The molecule has 1 aromatic heterocycles. The second kappa shape index (κ2) is 5.16. The summed E-state index contributed by atoms with van der Waals surface area (Å²) in [4.78, 5) is 11.3. The van der Waals surface area contributed by atoms with Crippen LogP contribution in [0.5, 0.6) is 5.75 Å². The summed E-state index contributed by atoms with van der Waals surface area (Å²) in [6.45, 7) is 0. The Morgan fingerprint density at radius 3 is 2.55 bits per heavy atom. The number of para-hydroxylation sites is 2. The molecule has 4 nitrogen and oxygen atoms in total. The molecule has 2 aromatic rings. The molecule has 1 aromatic carbocycles. The summed E-state index contributed by atoms with van der Waals surface area (Å²) in [6.07, 6.45) is -4.67. The van der Waals surface area contributed by atoms with Crippen molar-refractivity contribution in [2.24, 2.45) is 0 Å². The molecule has 0 aliphatic carbocycles. The molecule has 106 valence electrons. The highest BCUT2D eigenvalue weighted by molar-refractivity contribution is 6.67. The lowest BCUT2D eigenvalue weighted by atomic mass is 10.3. The molecule has 8 heteroatoms. The number of halogens is 4. The third-order valence-corrected chi connectivity index (χ3v) is 2.71. The predicted octanol–water partition coefficient (Wildman–Crippen LogP) is 3.28. The summed E-state index contributed by atoms with van der Waals surface area (Å²) < 4.78 is 43.9. The minimum atomic E-state index is -4.67. The van der Waals surface area contributed by atoms with E-state index in [4.69, 9.17) is 16.3 Å². The van der Waals surface area contributed by atoms with E-state index in [1.807, 2.05) is 0 Å². The smallest absolute Gasteiger partial charge is 0.435 e. The molecule has 0 spiro atoms. The highest BCUT2D eigenvalue weighted by atomic mass is 35.5. The molecule has 0 unspecified atom stereocenters. The Morgan fingerprint density at radius 1 is 1.35 bits per heavy atom. The fourth-order valence-corrected chi connectivity index (χ4v) is 1.78. The van der Waals surface area contributed by atoms with E-state index in [9.17, 15) is 18.0 Å². The first-order valence-electron chi connectivity index (χ1n) is 5.35. The first-order valence-corrected chi connectivity index (χ1v) is 5.73. The first kappa shape index (κ1) is 14.4. The molecule has 0 saturated heterocycles. The van der Waals surface area contributed by atoms with Gasteiger partial charge in [0.15, 0.2) is 5.69 Å². The van der Waals surface area contributed by atoms with Crippen LogP contribution in [-0.2, 0) is 6.18 Å². The topological polar surface area (TPSA) is 44.1 Å². The highest BCUT2D eigenvalue weighted by Crippen LogP contribution is 2.31. The zero-order valence-electron chi connectivity index (χ0n) is 10.1. The molecule has 0 N–H and O–H groups in total. The molecule has 2 rings (SSSR count). The second-order valence-corrected chi connectivity index (χ2v) is 4.11. The number of benzene rings is 1. The van der Waals surface area contributed by atoms with E-state index in [1.165, 1.54) is 19.2 Å². The monoisotopic (exact) mass is 304 g/mol. The quantitative estimate of drug-likeness (QED) is 0.817. The molecule has 0 atom stereocenters. The maximum Gasteiger partial charge on any atom is 0.435 e. The Hall–Kier alpha value is -2.02. The average molecular weight is 305 g/mol. The van der Waals surface area contributed by atoms with Gasteiger partial charge in [0.2, 0.25) is 0 Å². The van der Waals surface area contributed by atoms with Crippen LogP contribution < -0.4 is 4.74 Å². The zero-order chi connectivity index (χ0) is 14.9. The van der Waals surface area contributed by atoms with Crippen molar-refractivity contribution >= 4 is 16.8 Å². The number of methoxy groups -OCH3 is 1.